The van der Waals surface area contributed by atoms with Crippen molar-refractivity contribution in [1.29, 1.82) is 0 Å². The maximum absolute atomic E-state index is 12.6. The molecule has 0 aliphatic heterocycles. The van der Waals surface area contributed by atoms with Crippen LogP contribution < -0.4 is 4.74 Å². The Hall–Kier alpha value is -2.09. The van der Waals surface area contributed by atoms with E-state index in [4.69, 9.17) is 16.3 Å². The Morgan fingerprint density at radius 1 is 1.03 bits per heavy atom. The lowest BCUT2D eigenvalue weighted by Crippen LogP contribution is -2.25. The maximum atomic E-state index is 12.6. The summed E-state index contributed by atoms with van der Waals surface area (Å²) in [6.45, 7) is 2.60. The maximum Gasteiger partial charge on any atom is 0.416 e. The van der Waals surface area contributed by atoms with Gasteiger partial charge in [0.15, 0.2) is 0 Å². The quantitative estimate of drug-likeness (QED) is 0.366. The van der Waals surface area contributed by atoms with E-state index in [1.807, 2.05) is 30.5 Å². The van der Waals surface area contributed by atoms with Crippen molar-refractivity contribution in [3.05, 3.63) is 81.3 Å². The molecule has 0 radical (unpaired) electrons. The molecule has 154 valence electrons. The number of thiazole rings is 1. The lowest BCUT2D eigenvalue weighted by Gasteiger charge is -2.22. The van der Waals surface area contributed by atoms with E-state index in [2.05, 4.69) is 9.88 Å². The van der Waals surface area contributed by atoms with Crippen LogP contribution >= 0.6 is 22.9 Å². The molecule has 0 N–H and O–H groups in total. The Balaban J connectivity index is 1.53. The van der Waals surface area contributed by atoms with Crippen molar-refractivity contribution in [2.45, 2.75) is 25.7 Å². The monoisotopic (exact) mass is 440 g/mol. The molecule has 3 aromatic rings. The fraction of sp³-hybridized carbons (Fsp3) is 0.286. The second kappa shape index (κ2) is 10.1. The molecule has 1 aromatic heterocycles. The van der Waals surface area contributed by atoms with Crippen LogP contribution in [0.1, 0.15) is 22.4 Å². The van der Waals surface area contributed by atoms with Crippen LogP contribution in [-0.2, 0) is 19.3 Å². The molecular formula is C21H20ClF3N2OS. The molecule has 0 bridgehead atoms. The third-order valence-corrected chi connectivity index (χ3v) is 5.42. The first-order valence-electron chi connectivity index (χ1n) is 9.05. The van der Waals surface area contributed by atoms with Crippen molar-refractivity contribution < 1.29 is 17.9 Å². The Bertz CT molecular complexity index is 886. The molecule has 0 amide bonds. The summed E-state index contributed by atoms with van der Waals surface area (Å²) in [4.78, 5) is 7.53. The Labute approximate surface area is 176 Å². The van der Waals surface area contributed by atoms with Gasteiger partial charge in [0.1, 0.15) is 5.75 Å². The number of ether oxygens (including phenoxy) is 1. The topological polar surface area (TPSA) is 25.4 Å². The smallest absolute Gasteiger partial charge is 0.416 e. The number of halogens is 4. The third kappa shape index (κ3) is 6.73. The van der Waals surface area contributed by atoms with Crippen LogP contribution in [0.2, 0.25) is 5.02 Å². The van der Waals surface area contributed by atoms with E-state index < -0.39 is 11.7 Å². The second-order valence-corrected chi connectivity index (χ2v) is 7.87. The molecule has 3 nitrogen and oxygen atoms in total. The van der Waals surface area contributed by atoms with Crippen molar-refractivity contribution in [2.75, 3.05) is 13.2 Å². The first-order chi connectivity index (χ1) is 13.9. The summed E-state index contributed by atoms with van der Waals surface area (Å²) in [5.41, 5.74) is 2.17. The highest BCUT2D eigenvalue weighted by molar-refractivity contribution is 7.09. The summed E-state index contributed by atoms with van der Waals surface area (Å²) in [6.07, 6.45) is -1.76. The molecule has 0 saturated carbocycles. The van der Waals surface area contributed by atoms with Gasteiger partial charge >= 0.3 is 6.18 Å². The molecule has 29 heavy (non-hydrogen) atoms. The van der Waals surface area contributed by atoms with Crippen LogP contribution in [0.4, 0.5) is 13.2 Å². The zero-order valence-corrected chi connectivity index (χ0v) is 17.1. The van der Waals surface area contributed by atoms with E-state index in [0.29, 0.717) is 18.9 Å². The number of alkyl halides is 3. The summed E-state index contributed by atoms with van der Waals surface area (Å²) in [6, 6.07) is 12.5. The summed E-state index contributed by atoms with van der Waals surface area (Å²) in [7, 11) is 0. The summed E-state index contributed by atoms with van der Waals surface area (Å²) < 4.78 is 43.5. The number of nitrogens with zero attached hydrogens (tertiary/aromatic N) is 2. The Morgan fingerprint density at radius 2 is 1.79 bits per heavy atom. The van der Waals surface area contributed by atoms with E-state index >= 15 is 0 Å². The van der Waals surface area contributed by atoms with Gasteiger partial charge in [0, 0.05) is 35.7 Å². The van der Waals surface area contributed by atoms with E-state index in [0.717, 1.165) is 47.1 Å². The predicted molar refractivity (Wildman–Crippen MR) is 109 cm³/mol. The van der Waals surface area contributed by atoms with E-state index in [-0.39, 0.29) is 0 Å². The van der Waals surface area contributed by atoms with Crippen LogP contribution in [0, 0.1) is 0 Å². The van der Waals surface area contributed by atoms with Crippen molar-refractivity contribution in [3.8, 4) is 5.75 Å². The van der Waals surface area contributed by atoms with Gasteiger partial charge in [0.2, 0.25) is 0 Å². The molecule has 0 atom stereocenters. The average Bonchev–Trinajstić information content (AvgIpc) is 3.19. The second-order valence-electron chi connectivity index (χ2n) is 6.49. The SMILES string of the molecule is FC(F)(F)c1ccc(OCCCN(Cc2cncs2)Cc2ccccc2Cl)cc1. The number of rotatable bonds is 9. The number of hydrogen-bond acceptors (Lipinski definition) is 4. The van der Waals surface area contributed by atoms with E-state index in [1.165, 1.54) is 12.1 Å². The van der Waals surface area contributed by atoms with Gasteiger partial charge in [-0.1, -0.05) is 29.8 Å². The molecule has 0 aliphatic carbocycles. The summed E-state index contributed by atoms with van der Waals surface area (Å²) in [5.74, 6) is 0.429. The highest BCUT2D eigenvalue weighted by Gasteiger charge is 2.30. The van der Waals surface area contributed by atoms with Gasteiger partial charge in [-0.25, -0.2) is 0 Å². The molecule has 1 heterocycles. The van der Waals surface area contributed by atoms with Gasteiger partial charge in [-0.15, -0.1) is 11.3 Å². The normalized spacial score (nSPS) is 11.8. The molecule has 3 rings (SSSR count). The molecule has 0 unspecified atom stereocenters. The lowest BCUT2D eigenvalue weighted by atomic mass is 10.2. The van der Waals surface area contributed by atoms with Gasteiger partial charge in [0.05, 0.1) is 17.7 Å². The Morgan fingerprint density at radius 3 is 2.45 bits per heavy atom. The van der Waals surface area contributed by atoms with Crippen molar-refractivity contribution in [1.82, 2.24) is 9.88 Å². The summed E-state index contributed by atoms with van der Waals surface area (Å²) in [5, 5.41) is 0.725. The molecule has 8 heteroatoms. The number of aromatic nitrogens is 1. The van der Waals surface area contributed by atoms with Crippen LogP contribution in [0.5, 0.6) is 5.75 Å². The first-order valence-corrected chi connectivity index (χ1v) is 10.3. The van der Waals surface area contributed by atoms with Gasteiger partial charge in [-0.2, -0.15) is 13.2 Å². The molecule has 0 fully saturated rings. The summed E-state index contributed by atoms with van der Waals surface area (Å²) >= 11 is 7.89. The zero-order chi connectivity index (χ0) is 20.7. The fourth-order valence-corrected chi connectivity index (χ4v) is 3.67. The van der Waals surface area contributed by atoms with Gasteiger partial charge in [0.25, 0.3) is 0 Å². The average molecular weight is 441 g/mol. The highest BCUT2D eigenvalue weighted by Crippen LogP contribution is 2.30. The lowest BCUT2D eigenvalue weighted by molar-refractivity contribution is -0.137. The Kier molecular flexibility index (Phi) is 7.52. The highest BCUT2D eigenvalue weighted by atomic mass is 35.5. The van der Waals surface area contributed by atoms with Gasteiger partial charge < -0.3 is 4.74 Å². The molecule has 2 aromatic carbocycles. The standard InChI is InChI=1S/C21H20ClF3N2OS/c22-20-5-2-1-4-16(20)13-27(14-19-12-26-15-29-19)10-3-11-28-18-8-6-17(7-9-18)21(23,24)25/h1-2,4-9,12,15H,3,10-11,13-14H2. The molecule has 0 spiro atoms. The molecule has 0 saturated heterocycles. The minimum Gasteiger partial charge on any atom is -0.494 e. The molecular weight excluding hydrogens is 421 g/mol. The number of benzene rings is 2. The van der Waals surface area contributed by atoms with Gasteiger partial charge in [-0.3, -0.25) is 9.88 Å². The first kappa shape index (κ1) is 21.6. The van der Waals surface area contributed by atoms with Crippen LogP contribution in [0.3, 0.4) is 0 Å². The zero-order valence-electron chi connectivity index (χ0n) is 15.5. The minimum atomic E-state index is -4.34. The van der Waals surface area contributed by atoms with Crippen LogP contribution in [-0.4, -0.2) is 23.0 Å². The van der Waals surface area contributed by atoms with Crippen molar-refractivity contribution in [3.63, 3.8) is 0 Å². The minimum absolute atomic E-state index is 0.410. The van der Waals surface area contributed by atoms with Crippen molar-refractivity contribution in [2.24, 2.45) is 0 Å². The van der Waals surface area contributed by atoms with E-state index in [1.54, 1.807) is 16.8 Å². The molecule has 0 aliphatic rings. The fourth-order valence-electron chi connectivity index (χ4n) is 2.84. The third-order valence-electron chi connectivity index (χ3n) is 4.28. The van der Waals surface area contributed by atoms with E-state index in [9.17, 15) is 13.2 Å². The van der Waals surface area contributed by atoms with Crippen molar-refractivity contribution >= 4 is 22.9 Å². The predicted octanol–water partition coefficient (Wildman–Crippen LogP) is 6.29. The van der Waals surface area contributed by atoms with Crippen LogP contribution in [0.25, 0.3) is 0 Å². The number of hydrogen-bond donors (Lipinski definition) is 0. The largest absolute Gasteiger partial charge is 0.494 e. The van der Waals surface area contributed by atoms with Crippen LogP contribution in [0.15, 0.2) is 60.2 Å². The van der Waals surface area contributed by atoms with Gasteiger partial charge in [-0.05, 0) is 42.3 Å².